The van der Waals surface area contributed by atoms with Gasteiger partial charge in [-0.1, -0.05) is 6.07 Å². The second-order valence-corrected chi connectivity index (χ2v) is 8.84. The minimum Gasteiger partial charge on any atom is -0.486 e. The molecule has 1 aromatic rings. The van der Waals surface area contributed by atoms with Crippen LogP contribution in [0.15, 0.2) is 18.2 Å². The highest BCUT2D eigenvalue weighted by Gasteiger charge is 2.55. The summed E-state index contributed by atoms with van der Waals surface area (Å²) in [6.45, 7) is 1.85. The second-order valence-electron chi connectivity index (χ2n) is 8.84. The predicted octanol–water partition coefficient (Wildman–Crippen LogP) is 3.63. The highest BCUT2D eigenvalue weighted by atomic mass is 16.6. The summed E-state index contributed by atoms with van der Waals surface area (Å²) in [5.74, 6) is 4.40. The van der Waals surface area contributed by atoms with Gasteiger partial charge in [-0.25, -0.2) is 0 Å². The molecule has 0 unspecified atom stereocenters. The number of amides is 1. The first-order chi connectivity index (χ1) is 12.1. The molecule has 1 heterocycles. The molecule has 0 saturated heterocycles. The third-order valence-electron chi connectivity index (χ3n) is 6.86. The lowest BCUT2D eigenvalue weighted by molar-refractivity contribution is -0.156. The lowest BCUT2D eigenvalue weighted by atomic mass is 9.49. The van der Waals surface area contributed by atoms with Crippen molar-refractivity contribution < 1.29 is 14.3 Å². The molecule has 1 amide bonds. The maximum absolute atomic E-state index is 13.4. The number of rotatable bonds is 3. The van der Waals surface area contributed by atoms with Gasteiger partial charge < -0.3 is 14.4 Å². The average molecular weight is 341 g/mol. The molecule has 1 aromatic carbocycles. The summed E-state index contributed by atoms with van der Waals surface area (Å²) >= 11 is 0. The van der Waals surface area contributed by atoms with Gasteiger partial charge in [0.2, 0.25) is 5.91 Å². The van der Waals surface area contributed by atoms with Crippen molar-refractivity contribution in [2.45, 2.75) is 45.1 Å². The molecule has 134 valence electrons. The van der Waals surface area contributed by atoms with Gasteiger partial charge in [-0.05, 0) is 74.0 Å². The largest absolute Gasteiger partial charge is 0.486 e. The molecule has 0 radical (unpaired) electrons. The van der Waals surface area contributed by atoms with E-state index in [0.29, 0.717) is 25.7 Å². The number of ether oxygens (including phenoxy) is 2. The summed E-state index contributed by atoms with van der Waals surface area (Å²) < 4.78 is 11.3. The van der Waals surface area contributed by atoms with Crippen LogP contribution in [0.5, 0.6) is 11.5 Å². The van der Waals surface area contributed by atoms with Gasteiger partial charge in [-0.3, -0.25) is 4.79 Å². The molecule has 25 heavy (non-hydrogen) atoms. The van der Waals surface area contributed by atoms with Crippen molar-refractivity contribution in [1.82, 2.24) is 4.90 Å². The molecule has 0 atom stereocenters. The van der Waals surface area contributed by atoms with Gasteiger partial charge in [0.25, 0.3) is 0 Å². The molecule has 6 rings (SSSR count). The summed E-state index contributed by atoms with van der Waals surface area (Å²) in [6, 6.07) is 6.04. The molecular formula is C21H27NO3. The minimum atomic E-state index is -0.0582. The molecule has 4 heteroatoms. The van der Waals surface area contributed by atoms with Crippen LogP contribution in [0.25, 0.3) is 0 Å². The molecule has 0 aromatic heterocycles. The van der Waals surface area contributed by atoms with Gasteiger partial charge in [0, 0.05) is 13.6 Å². The van der Waals surface area contributed by atoms with E-state index in [1.807, 2.05) is 24.1 Å². The summed E-state index contributed by atoms with van der Waals surface area (Å²) in [4.78, 5) is 15.3. The van der Waals surface area contributed by atoms with Gasteiger partial charge in [-0.15, -0.1) is 0 Å². The molecule has 0 spiro atoms. The van der Waals surface area contributed by atoms with E-state index >= 15 is 0 Å². The standard InChI is InChI=1S/C21H27NO3/c1-22(13-14-2-3-18-19(9-14)25-5-4-24-18)20(23)21-10-15-6-16(11-21)8-17(7-15)12-21/h2-3,9,15-17H,4-8,10-13H2,1H3. The van der Waals surface area contributed by atoms with Crippen LogP contribution >= 0.6 is 0 Å². The minimum absolute atomic E-state index is 0.0582. The summed E-state index contributed by atoms with van der Waals surface area (Å²) in [7, 11) is 1.97. The lowest BCUT2D eigenvalue weighted by Crippen LogP contribution is -2.53. The number of fused-ring (bicyclic) bond motifs is 1. The molecule has 4 nitrogen and oxygen atoms in total. The molecule has 4 saturated carbocycles. The van der Waals surface area contributed by atoms with Crippen molar-refractivity contribution in [1.29, 1.82) is 0 Å². The number of hydrogen-bond acceptors (Lipinski definition) is 3. The Hall–Kier alpha value is -1.71. The molecule has 0 N–H and O–H groups in total. The van der Waals surface area contributed by atoms with Crippen molar-refractivity contribution in [3.8, 4) is 11.5 Å². The number of carbonyl (C=O) groups is 1. The van der Waals surface area contributed by atoms with Crippen molar-refractivity contribution in [3.63, 3.8) is 0 Å². The van der Waals surface area contributed by atoms with E-state index in [9.17, 15) is 4.79 Å². The summed E-state index contributed by atoms with van der Waals surface area (Å²) in [6.07, 6.45) is 7.51. The number of nitrogens with zero attached hydrogens (tertiary/aromatic N) is 1. The maximum Gasteiger partial charge on any atom is 0.228 e. The quantitative estimate of drug-likeness (QED) is 0.843. The molecule has 4 bridgehead atoms. The van der Waals surface area contributed by atoms with Crippen LogP contribution in [0.2, 0.25) is 0 Å². The Bertz CT molecular complexity index is 663. The normalized spacial score (nSPS) is 34.8. The van der Waals surface area contributed by atoms with Crippen LogP contribution in [-0.4, -0.2) is 31.1 Å². The van der Waals surface area contributed by atoms with Gasteiger partial charge in [-0.2, -0.15) is 0 Å². The molecule has 5 aliphatic rings. The van der Waals surface area contributed by atoms with E-state index in [1.54, 1.807) is 0 Å². The monoisotopic (exact) mass is 341 g/mol. The van der Waals surface area contributed by atoms with E-state index in [0.717, 1.165) is 54.1 Å². The Labute approximate surface area is 149 Å². The zero-order valence-corrected chi connectivity index (χ0v) is 15.0. The smallest absolute Gasteiger partial charge is 0.228 e. The van der Waals surface area contributed by atoms with Crippen molar-refractivity contribution in [2.75, 3.05) is 20.3 Å². The van der Waals surface area contributed by atoms with Crippen LogP contribution in [0, 0.1) is 23.2 Å². The highest BCUT2D eigenvalue weighted by molar-refractivity contribution is 5.83. The van der Waals surface area contributed by atoms with E-state index in [4.69, 9.17) is 9.47 Å². The summed E-state index contributed by atoms with van der Waals surface area (Å²) in [5.41, 5.74) is 1.06. The van der Waals surface area contributed by atoms with E-state index in [-0.39, 0.29) is 5.41 Å². The van der Waals surface area contributed by atoms with Crippen molar-refractivity contribution >= 4 is 5.91 Å². The SMILES string of the molecule is CN(Cc1ccc2c(c1)OCCO2)C(=O)C12CC3CC(CC(C3)C1)C2. The van der Waals surface area contributed by atoms with Crippen LogP contribution < -0.4 is 9.47 Å². The molecule has 4 aliphatic carbocycles. The van der Waals surface area contributed by atoms with Crippen molar-refractivity contribution in [2.24, 2.45) is 23.2 Å². The Balaban J connectivity index is 1.33. The van der Waals surface area contributed by atoms with Gasteiger partial charge in [0.05, 0.1) is 5.41 Å². The third kappa shape index (κ3) is 2.61. The fraction of sp³-hybridized carbons (Fsp3) is 0.667. The summed E-state index contributed by atoms with van der Waals surface area (Å²) in [5, 5.41) is 0. The molecule has 4 fully saturated rings. The first-order valence-electron chi connectivity index (χ1n) is 9.75. The number of benzene rings is 1. The fourth-order valence-electron chi connectivity index (χ4n) is 6.31. The maximum atomic E-state index is 13.4. The van der Waals surface area contributed by atoms with Crippen LogP contribution in [0.4, 0.5) is 0 Å². The zero-order chi connectivity index (χ0) is 17.0. The number of carbonyl (C=O) groups excluding carboxylic acids is 1. The Morgan fingerprint density at radius 2 is 1.64 bits per heavy atom. The Morgan fingerprint density at radius 3 is 2.28 bits per heavy atom. The molecule has 1 aliphatic heterocycles. The topological polar surface area (TPSA) is 38.8 Å². The predicted molar refractivity (Wildman–Crippen MR) is 94.5 cm³/mol. The van der Waals surface area contributed by atoms with Crippen molar-refractivity contribution in [3.05, 3.63) is 23.8 Å². The fourth-order valence-corrected chi connectivity index (χ4v) is 6.31. The average Bonchev–Trinajstić information content (AvgIpc) is 2.60. The van der Waals surface area contributed by atoms with Gasteiger partial charge >= 0.3 is 0 Å². The number of hydrogen-bond donors (Lipinski definition) is 0. The van der Waals surface area contributed by atoms with Gasteiger partial charge in [0.15, 0.2) is 11.5 Å². The van der Waals surface area contributed by atoms with E-state index in [1.165, 1.54) is 19.3 Å². The van der Waals surface area contributed by atoms with E-state index in [2.05, 4.69) is 6.07 Å². The first kappa shape index (κ1) is 15.5. The molecular weight excluding hydrogens is 314 g/mol. The zero-order valence-electron chi connectivity index (χ0n) is 15.0. The Kier molecular flexibility index (Phi) is 3.51. The first-order valence-corrected chi connectivity index (χ1v) is 9.75. The van der Waals surface area contributed by atoms with Gasteiger partial charge in [0.1, 0.15) is 13.2 Å². The van der Waals surface area contributed by atoms with E-state index < -0.39 is 0 Å². The highest BCUT2D eigenvalue weighted by Crippen LogP contribution is 2.60. The van der Waals surface area contributed by atoms with Crippen LogP contribution in [0.3, 0.4) is 0 Å². The third-order valence-corrected chi connectivity index (χ3v) is 6.86. The lowest BCUT2D eigenvalue weighted by Gasteiger charge is -2.56. The Morgan fingerprint density at radius 1 is 1.04 bits per heavy atom. The van der Waals surface area contributed by atoms with Crippen LogP contribution in [0.1, 0.15) is 44.1 Å². The second kappa shape index (κ2) is 5.65. The van der Waals surface area contributed by atoms with Crippen LogP contribution in [-0.2, 0) is 11.3 Å².